The Morgan fingerprint density at radius 2 is 1.62 bits per heavy atom. The zero-order chi connectivity index (χ0) is 17.3. The summed E-state index contributed by atoms with van der Waals surface area (Å²) < 4.78 is 0. The third kappa shape index (κ3) is 2.56. The van der Waals surface area contributed by atoms with Crippen molar-refractivity contribution in [1.82, 2.24) is 9.97 Å². The predicted molar refractivity (Wildman–Crippen MR) is 106 cm³/mol. The van der Waals surface area contributed by atoms with Crippen molar-refractivity contribution in [2.45, 2.75) is 6.04 Å². The number of nitrogens with zero attached hydrogens (tertiary/aromatic N) is 3. The van der Waals surface area contributed by atoms with Crippen LogP contribution in [0.15, 0.2) is 85.1 Å². The molecule has 1 aliphatic heterocycles. The Morgan fingerprint density at radius 3 is 2.54 bits per heavy atom. The van der Waals surface area contributed by atoms with Crippen LogP contribution in [0.4, 0.5) is 17.3 Å². The van der Waals surface area contributed by atoms with Crippen molar-refractivity contribution in [2.75, 3.05) is 16.8 Å². The number of hydrogen-bond donors (Lipinski definition) is 1. The highest BCUT2D eigenvalue weighted by molar-refractivity contribution is 5.81. The van der Waals surface area contributed by atoms with Crippen LogP contribution in [-0.2, 0) is 0 Å². The van der Waals surface area contributed by atoms with Crippen molar-refractivity contribution >= 4 is 28.2 Å². The first kappa shape index (κ1) is 14.9. The average molecular weight is 338 g/mol. The molecule has 2 heterocycles. The smallest absolute Gasteiger partial charge is 0.230 e. The maximum Gasteiger partial charge on any atom is 0.230 e. The van der Waals surface area contributed by atoms with Gasteiger partial charge in [0.1, 0.15) is 0 Å². The molecule has 4 aromatic rings. The molecular formula is C22H18N4. The van der Waals surface area contributed by atoms with Crippen LogP contribution in [0.2, 0.25) is 0 Å². The molecule has 1 N–H and O–H groups in total. The molecule has 1 unspecified atom stereocenters. The van der Waals surface area contributed by atoms with E-state index in [4.69, 9.17) is 4.98 Å². The molecule has 1 aromatic heterocycles. The first-order valence-electron chi connectivity index (χ1n) is 8.78. The minimum atomic E-state index is 0.182. The summed E-state index contributed by atoms with van der Waals surface area (Å²) in [5.74, 6) is 0.735. The first-order valence-corrected chi connectivity index (χ1v) is 8.78. The minimum Gasteiger partial charge on any atom is -0.375 e. The zero-order valence-electron chi connectivity index (χ0n) is 14.2. The van der Waals surface area contributed by atoms with E-state index in [-0.39, 0.29) is 6.04 Å². The lowest BCUT2D eigenvalue weighted by Crippen LogP contribution is -2.34. The monoisotopic (exact) mass is 338 g/mol. The predicted octanol–water partition coefficient (Wildman–Crippen LogP) is 4.93. The zero-order valence-corrected chi connectivity index (χ0v) is 14.2. The second-order valence-corrected chi connectivity index (χ2v) is 6.46. The van der Waals surface area contributed by atoms with Gasteiger partial charge in [0, 0.05) is 11.6 Å². The highest BCUT2D eigenvalue weighted by Gasteiger charge is 2.27. The largest absolute Gasteiger partial charge is 0.375 e. The van der Waals surface area contributed by atoms with E-state index in [2.05, 4.69) is 63.7 Å². The lowest BCUT2D eigenvalue weighted by atomic mass is 10.0. The molecule has 0 amide bonds. The summed E-state index contributed by atoms with van der Waals surface area (Å²) in [5.41, 5.74) is 4.43. The second kappa shape index (κ2) is 6.15. The Labute approximate surface area is 152 Å². The third-order valence-corrected chi connectivity index (χ3v) is 4.81. The molecule has 26 heavy (non-hydrogen) atoms. The Hall–Kier alpha value is -3.40. The van der Waals surface area contributed by atoms with Crippen molar-refractivity contribution in [2.24, 2.45) is 0 Å². The SMILES string of the molecule is c1ccc(C2CN(c3ncc4ccccc4n3)c3ccccc3N2)cc1. The standard InChI is InChI=1S/C22H18N4/c1-2-8-16(9-3-1)20-15-26(21-13-7-6-12-19(21)24-20)22-23-14-17-10-4-5-11-18(17)25-22/h1-14,20,24H,15H2. The third-order valence-electron chi connectivity index (χ3n) is 4.81. The molecule has 0 fully saturated rings. The van der Waals surface area contributed by atoms with Crippen molar-refractivity contribution in [3.8, 4) is 0 Å². The number of aromatic nitrogens is 2. The van der Waals surface area contributed by atoms with E-state index in [9.17, 15) is 0 Å². The van der Waals surface area contributed by atoms with Crippen LogP contribution >= 0.6 is 0 Å². The Bertz CT molecular complexity index is 1060. The lowest BCUT2D eigenvalue weighted by Gasteiger charge is -2.36. The molecule has 1 atom stereocenters. The summed E-state index contributed by atoms with van der Waals surface area (Å²) in [7, 11) is 0. The molecule has 0 bridgehead atoms. The number of rotatable bonds is 2. The van der Waals surface area contributed by atoms with Crippen LogP contribution < -0.4 is 10.2 Å². The van der Waals surface area contributed by atoms with E-state index < -0.39 is 0 Å². The Morgan fingerprint density at radius 1 is 0.846 bits per heavy atom. The molecular weight excluding hydrogens is 320 g/mol. The molecule has 4 heteroatoms. The molecule has 4 nitrogen and oxygen atoms in total. The van der Waals surface area contributed by atoms with Crippen molar-refractivity contribution < 1.29 is 0 Å². The van der Waals surface area contributed by atoms with Gasteiger partial charge in [-0.05, 0) is 23.8 Å². The highest BCUT2D eigenvalue weighted by Crippen LogP contribution is 2.38. The van der Waals surface area contributed by atoms with Gasteiger partial charge < -0.3 is 10.2 Å². The number of benzene rings is 3. The van der Waals surface area contributed by atoms with E-state index in [1.807, 2.05) is 36.5 Å². The van der Waals surface area contributed by atoms with E-state index >= 15 is 0 Å². The number of fused-ring (bicyclic) bond motifs is 2. The van der Waals surface area contributed by atoms with Gasteiger partial charge in [0.2, 0.25) is 5.95 Å². The molecule has 5 rings (SSSR count). The fourth-order valence-corrected chi connectivity index (χ4v) is 3.50. The van der Waals surface area contributed by atoms with Crippen molar-refractivity contribution in [3.63, 3.8) is 0 Å². The minimum absolute atomic E-state index is 0.182. The van der Waals surface area contributed by atoms with E-state index in [0.29, 0.717) is 0 Å². The van der Waals surface area contributed by atoms with Gasteiger partial charge in [0.15, 0.2) is 0 Å². The van der Waals surface area contributed by atoms with Gasteiger partial charge in [-0.15, -0.1) is 0 Å². The summed E-state index contributed by atoms with van der Waals surface area (Å²) in [6.45, 7) is 0.777. The van der Waals surface area contributed by atoms with Gasteiger partial charge >= 0.3 is 0 Å². The molecule has 0 saturated heterocycles. The lowest BCUT2D eigenvalue weighted by molar-refractivity contribution is 0.733. The number of para-hydroxylation sites is 3. The average Bonchev–Trinajstić information content (AvgIpc) is 2.73. The summed E-state index contributed by atoms with van der Waals surface area (Å²) in [4.78, 5) is 11.7. The Kier molecular flexibility index (Phi) is 3.53. The fourth-order valence-electron chi connectivity index (χ4n) is 3.50. The second-order valence-electron chi connectivity index (χ2n) is 6.46. The molecule has 3 aromatic carbocycles. The number of anilines is 3. The topological polar surface area (TPSA) is 41.1 Å². The molecule has 0 saturated carbocycles. The van der Waals surface area contributed by atoms with Gasteiger partial charge in [-0.2, -0.15) is 0 Å². The molecule has 0 radical (unpaired) electrons. The maximum atomic E-state index is 4.81. The molecule has 1 aliphatic rings. The van der Waals surface area contributed by atoms with E-state index in [1.165, 1.54) is 5.56 Å². The van der Waals surface area contributed by atoms with Crippen molar-refractivity contribution in [3.05, 3.63) is 90.6 Å². The van der Waals surface area contributed by atoms with Crippen LogP contribution in [0.1, 0.15) is 11.6 Å². The summed E-state index contributed by atoms with van der Waals surface area (Å²) in [6.07, 6.45) is 1.90. The normalized spacial score (nSPS) is 16.2. The van der Waals surface area contributed by atoms with E-state index in [1.54, 1.807) is 0 Å². The van der Waals surface area contributed by atoms with Gasteiger partial charge in [-0.3, -0.25) is 0 Å². The molecule has 0 aliphatic carbocycles. The van der Waals surface area contributed by atoms with Gasteiger partial charge in [0.25, 0.3) is 0 Å². The maximum absolute atomic E-state index is 4.81. The first-order chi connectivity index (χ1) is 12.9. The van der Waals surface area contributed by atoms with Crippen LogP contribution in [0.3, 0.4) is 0 Å². The summed E-state index contributed by atoms with van der Waals surface area (Å²) in [5, 5.41) is 4.71. The Balaban J connectivity index is 1.61. The van der Waals surface area contributed by atoms with Gasteiger partial charge in [-0.25, -0.2) is 9.97 Å². The van der Waals surface area contributed by atoms with Crippen LogP contribution in [0, 0.1) is 0 Å². The number of nitrogens with one attached hydrogen (secondary N) is 1. The summed E-state index contributed by atoms with van der Waals surface area (Å²) >= 11 is 0. The molecule has 126 valence electrons. The van der Waals surface area contributed by atoms with E-state index in [0.717, 1.165) is 34.8 Å². The van der Waals surface area contributed by atoms with Crippen LogP contribution in [-0.4, -0.2) is 16.5 Å². The highest BCUT2D eigenvalue weighted by atomic mass is 15.3. The number of hydrogen-bond acceptors (Lipinski definition) is 4. The van der Waals surface area contributed by atoms with Crippen LogP contribution in [0.5, 0.6) is 0 Å². The molecule has 0 spiro atoms. The summed E-state index contributed by atoms with van der Waals surface area (Å²) in [6, 6.07) is 27.1. The van der Waals surface area contributed by atoms with Gasteiger partial charge in [0.05, 0.1) is 29.5 Å². The van der Waals surface area contributed by atoms with Crippen molar-refractivity contribution in [1.29, 1.82) is 0 Å². The fraction of sp³-hybridized carbons (Fsp3) is 0.0909. The van der Waals surface area contributed by atoms with Gasteiger partial charge in [-0.1, -0.05) is 60.7 Å². The quantitative estimate of drug-likeness (QED) is 0.562. The van der Waals surface area contributed by atoms with Crippen LogP contribution in [0.25, 0.3) is 10.9 Å².